The molecule has 0 saturated heterocycles. The van der Waals surface area contributed by atoms with Gasteiger partial charge in [-0.25, -0.2) is 0 Å². The molecular weight excluding hydrogens is 312 g/mol. The highest BCUT2D eigenvalue weighted by molar-refractivity contribution is 5.88. The van der Waals surface area contributed by atoms with Gasteiger partial charge in [-0.3, -0.25) is 4.79 Å². The van der Waals surface area contributed by atoms with Gasteiger partial charge in [0.2, 0.25) is 5.43 Å². The van der Waals surface area contributed by atoms with Crippen LogP contribution in [0.3, 0.4) is 0 Å². The second kappa shape index (κ2) is 6.16. The average molecular weight is 328 g/mol. The van der Waals surface area contributed by atoms with Crippen LogP contribution in [0.25, 0.3) is 22.1 Å². The predicted molar refractivity (Wildman–Crippen MR) is 89.2 cm³/mol. The van der Waals surface area contributed by atoms with Crippen molar-refractivity contribution < 1.29 is 23.7 Å². The Labute approximate surface area is 137 Å². The van der Waals surface area contributed by atoms with Gasteiger partial charge >= 0.3 is 0 Å². The maximum Gasteiger partial charge on any atom is 0.204 e. The van der Waals surface area contributed by atoms with Crippen molar-refractivity contribution in [3.8, 4) is 34.1 Å². The lowest BCUT2D eigenvalue weighted by molar-refractivity contribution is 0.395. The van der Waals surface area contributed by atoms with Gasteiger partial charge in [0.15, 0.2) is 0 Å². The van der Waals surface area contributed by atoms with Gasteiger partial charge in [-0.1, -0.05) is 0 Å². The molecule has 3 aromatic rings. The maximum absolute atomic E-state index is 12.8. The van der Waals surface area contributed by atoms with Crippen LogP contribution in [-0.2, 0) is 0 Å². The number of rotatable bonds is 4. The number of fused-ring (bicyclic) bond motifs is 1. The number of methoxy groups -OCH3 is 3. The molecule has 0 unspecified atom stereocenters. The molecule has 0 aliphatic heterocycles. The first-order valence-corrected chi connectivity index (χ1v) is 7.14. The van der Waals surface area contributed by atoms with Crippen molar-refractivity contribution in [2.24, 2.45) is 0 Å². The molecule has 0 aliphatic rings. The van der Waals surface area contributed by atoms with E-state index < -0.39 is 0 Å². The normalized spacial score (nSPS) is 10.6. The molecule has 24 heavy (non-hydrogen) atoms. The molecule has 0 atom stereocenters. The summed E-state index contributed by atoms with van der Waals surface area (Å²) in [7, 11) is 4.52. The second-order valence-corrected chi connectivity index (χ2v) is 5.06. The largest absolute Gasteiger partial charge is 0.507 e. The molecule has 0 bridgehead atoms. The first-order valence-electron chi connectivity index (χ1n) is 7.14. The number of ether oxygens (including phenoxy) is 3. The Balaban J connectivity index is 2.27. The fourth-order valence-electron chi connectivity index (χ4n) is 2.53. The second-order valence-electron chi connectivity index (χ2n) is 5.06. The zero-order chi connectivity index (χ0) is 17.3. The molecule has 6 heteroatoms. The van der Waals surface area contributed by atoms with E-state index in [4.69, 9.17) is 18.6 Å². The number of hydrogen-bond acceptors (Lipinski definition) is 6. The van der Waals surface area contributed by atoms with E-state index in [0.29, 0.717) is 22.8 Å². The quantitative estimate of drug-likeness (QED) is 0.792. The van der Waals surface area contributed by atoms with Crippen LogP contribution < -0.4 is 19.6 Å². The highest BCUT2D eigenvalue weighted by Crippen LogP contribution is 2.34. The molecule has 6 nitrogen and oxygen atoms in total. The zero-order valence-electron chi connectivity index (χ0n) is 13.5. The van der Waals surface area contributed by atoms with Crippen LogP contribution in [0.2, 0.25) is 0 Å². The van der Waals surface area contributed by atoms with E-state index in [2.05, 4.69) is 0 Å². The summed E-state index contributed by atoms with van der Waals surface area (Å²) >= 11 is 0. The van der Waals surface area contributed by atoms with Crippen molar-refractivity contribution in [2.45, 2.75) is 0 Å². The van der Waals surface area contributed by atoms with Crippen LogP contribution in [0.4, 0.5) is 0 Å². The van der Waals surface area contributed by atoms with E-state index in [1.807, 2.05) is 0 Å². The number of benzene rings is 2. The van der Waals surface area contributed by atoms with Gasteiger partial charge in [-0.15, -0.1) is 0 Å². The first kappa shape index (κ1) is 15.7. The minimum absolute atomic E-state index is 0.0890. The van der Waals surface area contributed by atoms with E-state index in [-0.39, 0.29) is 27.7 Å². The van der Waals surface area contributed by atoms with Crippen LogP contribution >= 0.6 is 0 Å². The third-order valence-corrected chi connectivity index (χ3v) is 3.76. The summed E-state index contributed by atoms with van der Waals surface area (Å²) in [4.78, 5) is 12.8. The number of phenolic OH excluding ortho intramolecular Hbond substituents is 1. The van der Waals surface area contributed by atoms with Crippen molar-refractivity contribution in [3.05, 3.63) is 46.8 Å². The first-order chi connectivity index (χ1) is 11.6. The highest BCUT2D eigenvalue weighted by Gasteiger charge is 2.17. The molecule has 3 rings (SSSR count). The van der Waals surface area contributed by atoms with Crippen molar-refractivity contribution in [3.63, 3.8) is 0 Å². The summed E-state index contributed by atoms with van der Waals surface area (Å²) in [6.45, 7) is 0. The fraction of sp³-hybridized carbons (Fsp3) is 0.167. The van der Waals surface area contributed by atoms with Crippen LogP contribution in [0, 0.1) is 0 Å². The van der Waals surface area contributed by atoms with Gasteiger partial charge in [-0.05, 0) is 12.1 Å². The summed E-state index contributed by atoms with van der Waals surface area (Å²) in [6, 6.07) is 8.01. The van der Waals surface area contributed by atoms with Gasteiger partial charge in [-0.2, -0.15) is 0 Å². The van der Waals surface area contributed by atoms with Crippen LogP contribution in [0.5, 0.6) is 23.0 Å². The number of hydrogen-bond donors (Lipinski definition) is 1. The van der Waals surface area contributed by atoms with Gasteiger partial charge in [0.05, 0.1) is 26.9 Å². The Morgan fingerprint density at radius 2 is 1.67 bits per heavy atom. The maximum atomic E-state index is 12.8. The van der Waals surface area contributed by atoms with Crippen LogP contribution in [0.1, 0.15) is 0 Å². The Kier molecular flexibility index (Phi) is 4.04. The van der Waals surface area contributed by atoms with E-state index in [1.165, 1.54) is 26.5 Å². The minimum Gasteiger partial charge on any atom is -0.507 e. The summed E-state index contributed by atoms with van der Waals surface area (Å²) in [5.41, 5.74) is 0.708. The van der Waals surface area contributed by atoms with Crippen molar-refractivity contribution in [2.75, 3.05) is 21.3 Å². The summed E-state index contributed by atoms with van der Waals surface area (Å²) in [5.74, 6) is 1.27. The average Bonchev–Trinajstić information content (AvgIpc) is 2.61. The lowest BCUT2D eigenvalue weighted by Crippen LogP contribution is -2.06. The number of phenols is 1. The summed E-state index contributed by atoms with van der Waals surface area (Å²) < 4.78 is 21.1. The lowest BCUT2D eigenvalue weighted by atomic mass is 10.0. The van der Waals surface area contributed by atoms with Gasteiger partial charge in [0.25, 0.3) is 0 Å². The number of aromatic hydroxyl groups is 1. The monoisotopic (exact) mass is 328 g/mol. The third-order valence-electron chi connectivity index (χ3n) is 3.76. The molecule has 1 aromatic heterocycles. The fourth-order valence-corrected chi connectivity index (χ4v) is 2.53. The molecule has 0 aliphatic carbocycles. The zero-order valence-corrected chi connectivity index (χ0v) is 13.5. The highest BCUT2D eigenvalue weighted by atomic mass is 16.5. The molecular formula is C18H16O6. The van der Waals surface area contributed by atoms with E-state index in [9.17, 15) is 9.90 Å². The van der Waals surface area contributed by atoms with E-state index >= 15 is 0 Å². The standard InChI is InChI=1S/C18H16O6/c1-21-10-4-5-12(15(7-10)23-3)13-9-24-16-8-11(22-2)6-14(19)17(16)18(13)20/h4-9,19H,1-3H3. The Bertz CT molecular complexity index is 958. The van der Waals surface area contributed by atoms with Crippen LogP contribution in [-0.4, -0.2) is 26.4 Å². The van der Waals surface area contributed by atoms with Gasteiger partial charge in [0.1, 0.15) is 40.2 Å². The van der Waals surface area contributed by atoms with Crippen molar-refractivity contribution in [1.29, 1.82) is 0 Å². The summed E-state index contributed by atoms with van der Waals surface area (Å²) in [6.07, 6.45) is 1.34. The Morgan fingerprint density at radius 3 is 2.33 bits per heavy atom. The lowest BCUT2D eigenvalue weighted by Gasteiger charge is -2.11. The van der Waals surface area contributed by atoms with Gasteiger partial charge < -0.3 is 23.7 Å². The van der Waals surface area contributed by atoms with Crippen molar-refractivity contribution >= 4 is 11.0 Å². The van der Waals surface area contributed by atoms with E-state index in [0.717, 1.165) is 0 Å². The molecule has 0 radical (unpaired) electrons. The molecule has 1 heterocycles. The molecule has 0 saturated carbocycles. The molecule has 0 fully saturated rings. The summed E-state index contributed by atoms with van der Waals surface area (Å²) in [5, 5.41) is 10.2. The smallest absolute Gasteiger partial charge is 0.204 e. The third kappa shape index (κ3) is 2.52. The minimum atomic E-state index is -0.361. The Morgan fingerprint density at radius 1 is 0.917 bits per heavy atom. The topological polar surface area (TPSA) is 78.1 Å². The van der Waals surface area contributed by atoms with Crippen molar-refractivity contribution in [1.82, 2.24) is 0 Å². The van der Waals surface area contributed by atoms with E-state index in [1.54, 1.807) is 31.4 Å². The molecule has 1 N–H and O–H groups in total. The van der Waals surface area contributed by atoms with Gasteiger partial charge in [0, 0.05) is 23.8 Å². The molecule has 2 aromatic carbocycles. The SMILES string of the molecule is COc1ccc(-c2coc3cc(OC)cc(O)c3c2=O)c(OC)c1. The Hall–Kier alpha value is -3.15. The predicted octanol–water partition coefficient (Wildman–Crippen LogP) is 3.19. The molecule has 0 spiro atoms. The van der Waals surface area contributed by atoms with Crippen LogP contribution in [0.15, 0.2) is 45.8 Å². The molecule has 0 amide bonds. The molecule has 124 valence electrons.